The van der Waals surface area contributed by atoms with Crippen LogP contribution in [-0.4, -0.2) is 22.3 Å². The van der Waals surface area contributed by atoms with Gasteiger partial charge in [0.25, 0.3) is 0 Å². The Morgan fingerprint density at radius 3 is 3.15 bits per heavy atom. The molecule has 0 radical (unpaired) electrons. The quantitative estimate of drug-likeness (QED) is 0.329. The van der Waals surface area contributed by atoms with Crippen LogP contribution in [0.1, 0.15) is 11.3 Å². The molecule has 0 aliphatic carbocycles. The molecule has 0 fully saturated rings. The summed E-state index contributed by atoms with van der Waals surface area (Å²) < 4.78 is 0. The van der Waals surface area contributed by atoms with Gasteiger partial charge in [0.15, 0.2) is 5.84 Å². The molecule has 0 bridgehead atoms. The van der Waals surface area contributed by atoms with E-state index in [1.807, 2.05) is 18.4 Å². The summed E-state index contributed by atoms with van der Waals surface area (Å²) in [7, 11) is 0. The normalized spacial score (nSPS) is 11.6. The van der Waals surface area contributed by atoms with Gasteiger partial charge in [-0.1, -0.05) is 5.16 Å². The molecule has 0 atom stereocenters. The second kappa shape index (κ2) is 4.71. The topological polar surface area (TPSA) is 71.5 Å². The Balaban J connectivity index is 2.91. The highest BCUT2D eigenvalue weighted by Crippen LogP contribution is 2.09. The van der Waals surface area contributed by atoms with E-state index < -0.39 is 0 Å². The number of hydrogen-bond donors (Lipinski definition) is 2. The van der Waals surface area contributed by atoms with Crippen molar-refractivity contribution in [3.8, 4) is 0 Å². The fraction of sp³-hybridized carbons (Fsp3) is 0.250. The van der Waals surface area contributed by atoms with Gasteiger partial charge in [0, 0.05) is 11.9 Å². The second-order valence-electron chi connectivity index (χ2n) is 2.47. The van der Waals surface area contributed by atoms with Gasteiger partial charge in [-0.3, -0.25) is 4.98 Å². The van der Waals surface area contributed by atoms with Crippen molar-refractivity contribution in [1.82, 2.24) is 4.98 Å². The molecule has 4 nitrogen and oxygen atoms in total. The van der Waals surface area contributed by atoms with Crippen LogP contribution < -0.4 is 5.73 Å². The van der Waals surface area contributed by atoms with Gasteiger partial charge in [-0.25, -0.2) is 0 Å². The molecule has 0 aliphatic heterocycles. The van der Waals surface area contributed by atoms with Crippen molar-refractivity contribution in [3.63, 3.8) is 0 Å². The smallest absolute Gasteiger partial charge is 0.188 e. The summed E-state index contributed by atoms with van der Waals surface area (Å²) in [5.41, 5.74) is 7.01. The number of aromatic nitrogens is 1. The first-order chi connectivity index (χ1) is 6.27. The van der Waals surface area contributed by atoms with E-state index in [4.69, 9.17) is 10.9 Å². The molecule has 0 aliphatic rings. The molecule has 0 amide bonds. The molecule has 0 unspecified atom stereocenters. The fourth-order valence-electron chi connectivity index (χ4n) is 0.922. The van der Waals surface area contributed by atoms with Gasteiger partial charge in [-0.05, 0) is 24.0 Å². The largest absolute Gasteiger partial charge is 0.409 e. The van der Waals surface area contributed by atoms with E-state index in [2.05, 4.69) is 10.1 Å². The minimum absolute atomic E-state index is 0.0444. The van der Waals surface area contributed by atoms with Crippen LogP contribution >= 0.6 is 11.8 Å². The van der Waals surface area contributed by atoms with Crippen molar-refractivity contribution in [3.05, 3.63) is 29.6 Å². The molecule has 0 saturated carbocycles. The molecule has 0 spiro atoms. The minimum atomic E-state index is 0.0444. The predicted molar refractivity (Wildman–Crippen MR) is 54.0 cm³/mol. The minimum Gasteiger partial charge on any atom is -0.409 e. The van der Waals surface area contributed by atoms with Gasteiger partial charge >= 0.3 is 0 Å². The third-order valence-electron chi connectivity index (χ3n) is 1.51. The summed E-state index contributed by atoms with van der Waals surface area (Å²) in [6.45, 7) is 0. The zero-order chi connectivity index (χ0) is 9.68. The Labute approximate surface area is 80.9 Å². The van der Waals surface area contributed by atoms with Crippen molar-refractivity contribution in [2.24, 2.45) is 10.9 Å². The van der Waals surface area contributed by atoms with Crippen LogP contribution in [-0.2, 0) is 5.75 Å². The van der Waals surface area contributed by atoms with E-state index in [0.29, 0.717) is 5.69 Å². The molecule has 0 aromatic carbocycles. The molecular formula is C8H11N3OS. The van der Waals surface area contributed by atoms with E-state index in [9.17, 15) is 0 Å². The Morgan fingerprint density at radius 2 is 2.54 bits per heavy atom. The van der Waals surface area contributed by atoms with Crippen LogP contribution in [0, 0.1) is 0 Å². The van der Waals surface area contributed by atoms with Crippen molar-refractivity contribution in [1.29, 1.82) is 0 Å². The molecule has 13 heavy (non-hydrogen) atoms. The maximum absolute atomic E-state index is 8.43. The van der Waals surface area contributed by atoms with Crippen LogP contribution in [0.3, 0.4) is 0 Å². The molecule has 1 aromatic rings. The highest BCUT2D eigenvalue weighted by Gasteiger charge is 2.01. The Bertz CT molecular complexity index is 314. The molecule has 1 aromatic heterocycles. The predicted octanol–water partition coefficient (Wildman–Crippen LogP) is 1.04. The highest BCUT2D eigenvalue weighted by atomic mass is 32.2. The summed E-state index contributed by atoms with van der Waals surface area (Å²) in [5.74, 6) is 0.941. The standard InChI is InChI=1S/C8H11N3OS/c1-13-5-6-2-3-10-7(4-6)8(9)11-12/h2-4,12H,5H2,1H3,(H2,9,11). The van der Waals surface area contributed by atoms with Gasteiger partial charge in [0.1, 0.15) is 5.69 Å². The Hall–Kier alpha value is -1.23. The van der Waals surface area contributed by atoms with E-state index in [0.717, 1.165) is 11.3 Å². The summed E-state index contributed by atoms with van der Waals surface area (Å²) in [4.78, 5) is 3.97. The summed E-state index contributed by atoms with van der Waals surface area (Å²) in [6, 6.07) is 3.72. The second-order valence-corrected chi connectivity index (χ2v) is 3.33. The summed E-state index contributed by atoms with van der Waals surface area (Å²) in [6.07, 6.45) is 3.67. The first-order valence-corrected chi connectivity index (χ1v) is 5.09. The van der Waals surface area contributed by atoms with Gasteiger partial charge in [-0.15, -0.1) is 0 Å². The lowest BCUT2D eigenvalue weighted by atomic mass is 10.2. The molecule has 70 valence electrons. The molecule has 0 saturated heterocycles. The maximum atomic E-state index is 8.43. The SMILES string of the molecule is CSCc1ccnc(C(N)=NO)c1. The van der Waals surface area contributed by atoms with Crippen LogP contribution in [0.4, 0.5) is 0 Å². The molecule has 3 N–H and O–H groups in total. The number of rotatable bonds is 3. The van der Waals surface area contributed by atoms with E-state index >= 15 is 0 Å². The highest BCUT2D eigenvalue weighted by molar-refractivity contribution is 7.97. The first kappa shape index (κ1) is 9.85. The Kier molecular flexibility index (Phi) is 3.57. The first-order valence-electron chi connectivity index (χ1n) is 3.69. The monoisotopic (exact) mass is 197 g/mol. The van der Waals surface area contributed by atoms with Crippen molar-refractivity contribution in [2.75, 3.05) is 6.26 Å². The Morgan fingerprint density at radius 1 is 1.77 bits per heavy atom. The third-order valence-corrected chi connectivity index (χ3v) is 2.13. The van der Waals surface area contributed by atoms with E-state index in [1.54, 1.807) is 18.0 Å². The molecule has 5 heteroatoms. The van der Waals surface area contributed by atoms with Crippen molar-refractivity contribution in [2.45, 2.75) is 5.75 Å². The lowest BCUT2D eigenvalue weighted by molar-refractivity contribution is 0.318. The summed E-state index contributed by atoms with van der Waals surface area (Å²) in [5, 5.41) is 11.3. The zero-order valence-corrected chi connectivity index (χ0v) is 8.08. The van der Waals surface area contributed by atoms with Gasteiger partial charge in [0.05, 0.1) is 0 Å². The van der Waals surface area contributed by atoms with E-state index in [1.165, 1.54) is 0 Å². The maximum Gasteiger partial charge on any atom is 0.188 e. The van der Waals surface area contributed by atoms with Crippen LogP contribution in [0.15, 0.2) is 23.5 Å². The lowest BCUT2D eigenvalue weighted by Crippen LogP contribution is -2.14. The average molecular weight is 197 g/mol. The lowest BCUT2D eigenvalue weighted by Gasteiger charge is -2.00. The molecular weight excluding hydrogens is 186 g/mol. The van der Waals surface area contributed by atoms with Crippen LogP contribution in [0.25, 0.3) is 0 Å². The van der Waals surface area contributed by atoms with E-state index in [-0.39, 0.29) is 5.84 Å². The fourth-order valence-corrected chi connectivity index (χ4v) is 1.43. The number of thioether (sulfide) groups is 1. The zero-order valence-electron chi connectivity index (χ0n) is 7.27. The molecule has 1 heterocycles. The van der Waals surface area contributed by atoms with Crippen LogP contribution in [0.5, 0.6) is 0 Å². The number of nitrogens with zero attached hydrogens (tertiary/aromatic N) is 2. The third kappa shape index (κ3) is 2.62. The van der Waals surface area contributed by atoms with Crippen LogP contribution in [0.2, 0.25) is 0 Å². The number of pyridine rings is 1. The molecule has 1 rings (SSSR count). The van der Waals surface area contributed by atoms with Gasteiger partial charge < -0.3 is 10.9 Å². The number of hydrogen-bond acceptors (Lipinski definition) is 4. The summed E-state index contributed by atoms with van der Waals surface area (Å²) >= 11 is 1.71. The van der Waals surface area contributed by atoms with Crippen molar-refractivity contribution >= 4 is 17.6 Å². The van der Waals surface area contributed by atoms with Gasteiger partial charge in [0.2, 0.25) is 0 Å². The number of oxime groups is 1. The number of nitrogens with two attached hydrogens (primary N) is 1. The number of amidine groups is 1. The van der Waals surface area contributed by atoms with Crippen molar-refractivity contribution < 1.29 is 5.21 Å². The van der Waals surface area contributed by atoms with Gasteiger partial charge in [-0.2, -0.15) is 11.8 Å². The average Bonchev–Trinajstić information content (AvgIpc) is 2.18.